The molecule has 30 heavy (non-hydrogen) atoms. The molecule has 1 aliphatic heterocycles. The first-order chi connectivity index (χ1) is 14.5. The predicted molar refractivity (Wildman–Crippen MR) is 116 cm³/mol. The van der Waals surface area contributed by atoms with E-state index in [1.807, 2.05) is 78.0 Å². The van der Waals surface area contributed by atoms with E-state index in [4.69, 9.17) is 0 Å². The number of amides is 2. The van der Waals surface area contributed by atoms with Gasteiger partial charge in [-0.25, -0.2) is 0 Å². The van der Waals surface area contributed by atoms with Crippen molar-refractivity contribution in [3.05, 3.63) is 82.7 Å². The van der Waals surface area contributed by atoms with Crippen LogP contribution in [0.1, 0.15) is 45.7 Å². The minimum Gasteiger partial charge on any atom is -0.348 e. The maximum atomic E-state index is 12.9. The fourth-order valence-corrected chi connectivity index (χ4v) is 3.96. The number of carbonyl (C=O) groups is 2. The quantitative estimate of drug-likeness (QED) is 0.685. The zero-order valence-electron chi connectivity index (χ0n) is 17.4. The highest BCUT2D eigenvalue weighted by molar-refractivity contribution is 5.96. The van der Waals surface area contributed by atoms with Gasteiger partial charge in [-0.15, -0.1) is 0 Å². The minimum atomic E-state index is -0.132. The van der Waals surface area contributed by atoms with Crippen molar-refractivity contribution in [1.82, 2.24) is 15.1 Å². The molecule has 1 saturated heterocycles. The third-order valence-corrected chi connectivity index (χ3v) is 5.53. The lowest BCUT2D eigenvalue weighted by Gasteiger charge is -2.16. The molecule has 2 aromatic carbocycles. The molecule has 1 aromatic heterocycles. The first-order valence-electron chi connectivity index (χ1n) is 10.3. The van der Waals surface area contributed by atoms with Crippen LogP contribution in [-0.4, -0.2) is 28.1 Å². The number of rotatable bonds is 6. The Bertz CT molecular complexity index is 1070. The van der Waals surface area contributed by atoms with Gasteiger partial charge in [0.2, 0.25) is 5.91 Å². The van der Waals surface area contributed by atoms with Crippen molar-refractivity contribution in [3.63, 3.8) is 0 Å². The van der Waals surface area contributed by atoms with Gasteiger partial charge in [-0.2, -0.15) is 5.10 Å². The average molecular weight is 402 g/mol. The van der Waals surface area contributed by atoms with E-state index >= 15 is 0 Å². The maximum absolute atomic E-state index is 12.9. The van der Waals surface area contributed by atoms with Gasteiger partial charge in [0.05, 0.1) is 17.8 Å². The number of nitrogens with zero attached hydrogens (tertiary/aromatic N) is 3. The highest BCUT2D eigenvalue weighted by atomic mass is 16.2. The number of nitrogens with one attached hydrogen (secondary N) is 1. The SMILES string of the molecule is Cc1nn(Cc2ccccc2)c(C)c1C(=O)NCc1cccc(N2CCCC2=O)c1. The van der Waals surface area contributed by atoms with Crippen molar-refractivity contribution in [1.29, 1.82) is 0 Å². The second kappa shape index (κ2) is 8.53. The largest absolute Gasteiger partial charge is 0.348 e. The van der Waals surface area contributed by atoms with Crippen LogP contribution in [0.15, 0.2) is 54.6 Å². The third-order valence-electron chi connectivity index (χ3n) is 5.53. The van der Waals surface area contributed by atoms with E-state index in [9.17, 15) is 9.59 Å². The second-order valence-electron chi connectivity index (χ2n) is 7.69. The molecule has 3 aromatic rings. The summed E-state index contributed by atoms with van der Waals surface area (Å²) in [4.78, 5) is 26.7. The van der Waals surface area contributed by atoms with Gasteiger partial charge in [0, 0.05) is 30.9 Å². The van der Waals surface area contributed by atoms with Crippen molar-refractivity contribution in [2.45, 2.75) is 39.8 Å². The molecule has 0 unspecified atom stereocenters. The number of hydrogen-bond acceptors (Lipinski definition) is 3. The van der Waals surface area contributed by atoms with E-state index in [0.717, 1.165) is 41.2 Å². The van der Waals surface area contributed by atoms with E-state index in [1.54, 1.807) is 0 Å². The molecular weight excluding hydrogens is 376 g/mol. The summed E-state index contributed by atoms with van der Waals surface area (Å²) in [6.45, 7) is 5.58. The Balaban J connectivity index is 1.45. The Hall–Kier alpha value is -3.41. The summed E-state index contributed by atoms with van der Waals surface area (Å²) in [6.07, 6.45) is 1.50. The highest BCUT2D eigenvalue weighted by Gasteiger charge is 2.22. The average Bonchev–Trinajstić information content (AvgIpc) is 3.30. The first-order valence-corrected chi connectivity index (χ1v) is 10.3. The molecule has 0 spiro atoms. The lowest BCUT2D eigenvalue weighted by Crippen LogP contribution is -2.25. The first kappa shape index (κ1) is 19.9. The number of aromatic nitrogens is 2. The molecule has 0 saturated carbocycles. The van der Waals surface area contributed by atoms with Crippen LogP contribution in [0.2, 0.25) is 0 Å². The minimum absolute atomic E-state index is 0.132. The maximum Gasteiger partial charge on any atom is 0.255 e. The molecule has 0 atom stereocenters. The van der Waals surface area contributed by atoms with Crippen LogP contribution in [-0.2, 0) is 17.9 Å². The lowest BCUT2D eigenvalue weighted by atomic mass is 10.1. The molecule has 2 heterocycles. The molecular formula is C24H26N4O2. The zero-order valence-corrected chi connectivity index (χ0v) is 17.4. The van der Waals surface area contributed by atoms with E-state index in [-0.39, 0.29) is 11.8 Å². The van der Waals surface area contributed by atoms with Crippen LogP contribution in [0.4, 0.5) is 5.69 Å². The zero-order chi connectivity index (χ0) is 21.1. The second-order valence-corrected chi connectivity index (χ2v) is 7.69. The van der Waals surface area contributed by atoms with Gasteiger partial charge in [-0.05, 0) is 43.5 Å². The molecule has 0 aliphatic carbocycles. The molecule has 6 heteroatoms. The lowest BCUT2D eigenvalue weighted by molar-refractivity contribution is -0.117. The molecule has 1 fully saturated rings. The smallest absolute Gasteiger partial charge is 0.255 e. The van der Waals surface area contributed by atoms with Crippen LogP contribution in [0.25, 0.3) is 0 Å². The van der Waals surface area contributed by atoms with E-state index in [2.05, 4.69) is 10.4 Å². The third kappa shape index (κ3) is 4.13. The van der Waals surface area contributed by atoms with Gasteiger partial charge in [0.25, 0.3) is 5.91 Å². The monoisotopic (exact) mass is 402 g/mol. The number of carbonyl (C=O) groups excluding carboxylic acids is 2. The van der Waals surface area contributed by atoms with Crippen LogP contribution in [0.3, 0.4) is 0 Å². The Morgan fingerprint density at radius 1 is 1.07 bits per heavy atom. The number of hydrogen-bond donors (Lipinski definition) is 1. The summed E-state index contributed by atoms with van der Waals surface area (Å²) in [6, 6.07) is 17.9. The Kier molecular flexibility index (Phi) is 5.65. The molecule has 0 radical (unpaired) electrons. The topological polar surface area (TPSA) is 67.2 Å². The summed E-state index contributed by atoms with van der Waals surface area (Å²) >= 11 is 0. The van der Waals surface area contributed by atoms with E-state index < -0.39 is 0 Å². The van der Waals surface area contributed by atoms with E-state index in [0.29, 0.717) is 25.1 Å². The van der Waals surface area contributed by atoms with Gasteiger partial charge in [-0.3, -0.25) is 14.3 Å². The molecule has 1 N–H and O–H groups in total. The van der Waals surface area contributed by atoms with Crippen LogP contribution in [0, 0.1) is 13.8 Å². The number of benzene rings is 2. The van der Waals surface area contributed by atoms with Crippen molar-refractivity contribution in [2.24, 2.45) is 0 Å². The molecule has 4 rings (SSSR count). The summed E-state index contributed by atoms with van der Waals surface area (Å²) in [7, 11) is 0. The predicted octanol–water partition coefficient (Wildman–Crippen LogP) is 3.61. The number of aryl methyl sites for hydroxylation is 1. The molecule has 154 valence electrons. The standard InChI is InChI=1S/C24H26N4O2/c1-17-23(18(2)28(26-17)16-19-8-4-3-5-9-19)24(30)25-15-20-10-6-11-21(14-20)27-13-7-12-22(27)29/h3-6,8-11,14H,7,12-13,15-16H2,1-2H3,(H,25,30). The molecule has 0 bridgehead atoms. The van der Waals surface area contributed by atoms with Crippen molar-refractivity contribution >= 4 is 17.5 Å². The fourth-order valence-electron chi connectivity index (χ4n) is 3.96. The summed E-state index contributed by atoms with van der Waals surface area (Å²) in [5.41, 5.74) is 5.20. The van der Waals surface area contributed by atoms with Crippen molar-refractivity contribution < 1.29 is 9.59 Å². The number of anilines is 1. The van der Waals surface area contributed by atoms with Crippen LogP contribution < -0.4 is 10.2 Å². The van der Waals surface area contributed by atoms with Gasteiger partial charge >= 0.3 is 0 Å². The molecule has 6 nitrogen and oxygen atoms in total. The van der Waals surface area contributed by atoms with Gasteiger partial charge in [0.1, 0.15) is 0 Å². The molecule has 1 aliphatic rings. The summed E-state index contributed by atoms with van der Waals surface area (Å²) < 4.78 is 1.87. The molecule has 2 amide bonds. The Morgan fingerprint density at radius 3 is 2.57 bits per heavy atom. The summed E-state index contributed by atoms with van der Waals surface area (Å²) in [5.74, 6) is 0.0280. The fraction of sp³-hybridized carbons (Fsp3) is 0.292. The summed E-state index contributed by atoms with van der Waals surface area (Å²) in [5, 5.41) is 7.58. The highest BCUT2D eigenvalue weighted by Crippen LogP contribution is 2.22. The van der Waals surface area contributed by atoms with Crippen LogP contribution >= 0.6 is 0 Å². The van der Waals surface area contributed by atoms with Gasteiger partial charge in [-0.1, -0.05) is 42.5 Å². The van der Waals surface area contributed by atoms with Gasteiger partial charge in [0.15, 0.2) is 0 Å². The Morgan fingerprint density at radius 2 is 1.83 bits per heavy atom. The van der Waals surface area contributed by atoms with Crippen molar-refractivity contribution in [3.8, 4) is 0 Å². The van der Waals surface area contributed by atoms with Gasteiger partial charge < -0.3 is 10.2 Å². The Labute approximate surface area is 176 Å². The van der Waals surface area contributed by atoms with Crippen molar-refractivity contribution in [2.75, 3.05) is 11.4 Å². The van der Waals surface area contributed by atoms with E-state index in [1.165, 1.54) is 0 Å². The van der Waals surface area contributed by atoms with Crippen LogP contribution in [0.5, 0.6) is 0 Å². The normalized spacial score (nSPS) is 13.7.